The summed E-state index contributed by atoms with van der Waals surface area (Å²) in [6, 6.07) is 0. The fourth-order valence-electron chi connectivity index (χ4n) is 11.2. The van der Waals surface area contributed by atoms with Gasteiger partial charge in [0.15, 0.2) is 0 Å². The van der Waals surface area contributed by atoms with Gasteiger partial charge in [-0.25, -0.2) is 0 Å². The number of carbonyl (C=O) groups excluding carboxylic acids is 1. The second kappa shape index (κ2) is 7.59. The number of carbonyl (C=O) groups is 1. The topological polar surface area (TPSA) is 46.5 Å². The van der Waals surface area contributed by atoms with Crippen LogP contribution in [0.25, 0.3) is 0 Å². The first-order chi connectivity index (χ1) is 15.8. The third-order valence-corrected chi connectivity index (χ3v) is 13.5. The number of rotatable bonds is 1. The SMILES string of the molecule is COC(=O)[C@@H]1CC[C@]2(C)CC[C@]3(C)C(=CC[C@@H]4[C@@]5(C)CC[C@H](O)C(C)(C)[C@H]5CC[C@]43C)[C@@H]2[C@H]1C. The Labute approximate surface area is 208 Å². The lowest BCUT2D eigenvalue weighted by molar-refractivity contribution is -0.204. The molecule has 10 atom stereocenters. The summed E-state index contributed by atoms with van der Waals surface area (Å²) in [4.78, 5) is 12.7. The summed E-state index contributed by atoms with van der Waals surface area (Å²) in [5, 5.41) is 10.9. The minimum absolute atomic E-state index is 0.00154. The van der Waals surface area contributed by atoms with Gasteiger partial charge in [0.2, 0.25) is 0 Å². The molecule has 0 amide bonds. The van der Waals surface area contributed by atoms with Crippen molar-refractivity contribution in [2.45, 2.75) is 112 Å². The molecule has 0 aromatic rings. The van der Waals surface area contributed by atoms with E-state index in [1.165, 1.54) is 32.1 Å². The molecule has 3 nitrogen and oxygen atoms in total. The summed E-state index contributed by atoms with van der Waals surface area (Å²) in [7, 11) is 1.56. The van der Waals surface area contributed by atoms with Gasteiger partial charge in [-0.1, -0.05) is 60.1 Å². The molecule has 0 radical (unpaired) electrons. The fraction of sp³-hybridized carbons (Fsp3) is 0.903. The average molecular weight is 471 g/mol. The van der Waals surface area contributed by atoms with E-state index in [1.54, 1.807) is 12.7 Å². The van der Waals surface area contributed by atoms with E-state index in [-0.39, 0.29) is 39.7 Å². The molecule has 0 spiro atoms. The summed E-state index contributed by atoms with van der Waals surface area (Å²) in [6.45, 7) is 17.3. The minimum Gasteiger partial charge on any atom is -0.469 e. The smallest absolute Gasteiger partial charge is 0.308 e. The van der Waals surface area contributed by atoms with E-state index < -0.39 is 0 Å². The highest BCUT2D eigenvalue weighted by molar-refractivity contribution is 5.73. The van der Waals surface area contributed by atoms with Crippen molar-refractivity contribution in [1.29, 1.82) is 0 Å². The molecule has 3 heteroatoms. The molecule has 0 aromatic heterocycles. The van der Waals surface area contributed by atoms with E-state index in [0.29, 0.717) is 29.1 Å². The molecule has 4 saturated carbocycles. The van der Waals surface area contributed by atoms with Crippen molar-refractivity contribution in [3.63, 3.8) is 0 Å². The summed E-state index contributed by atoms with van der Waals surface area (Å²) in [5.74, 6) is 2.11. The van der Waals surface area contributed by atoms with Crippen LogP contribution < -0.4 is 0 Å². The molecule has 0 bridgehead atoms. The van der Waals surface area contributed by atoms with Gasteiger partial charge in [-0.2, -0.15) is 0 Å². The number of ether oxygens (including phenoxy) is 1. The monoisotopic (exact) mass is 470 g/mol. The van der Waals surface area contributed by atoms with Crippen molar-refractivity contribution >= 4 is 5.97 Å². The zero-order chi connectivity index (χ0) is 24.9. The number of hydrogen-bond donors (Lipinski definition) is 1. The summed E-state index contributed by atoms with van der Waals surface area (Å²) >= 11 is 0. The van der Waals surface area contributed by atoms with Gasteiger partial charge in [0.1, 0.15) is 0 Å². The van der Waals surface area contributed by atoms with Crippen LogP contribution in [0, 0.1) is 56.7 Å². The molecule has 0 aromatic carbocycles. The number of hydrogen-bond acceptors (Lipinski definition) is 3. The van der Waals surface area contributed by atoms with Gasteiger partial charge in [-0.05, 0) is 109 Å². The van der Waals surface area contributed by atoms with Gasteiger partial charge in [-0.3, -0.25) is 4.79 Å². The van der Waals surface area contributed by atoms with Gasteiger partial charge in [0.25, 0.3) is 0 Å². The van der Waals surface area contributed by atoms with Crippen LogP contribution in [0.2, 0.25) is 0 Å². The summed E-state index contributed by atoms with van der Waals surface area (Å²) < 4.78 is 5.26. The van der Waals surface area contributed by atoms with Crippen LogP contribution in [0.15, 0.2) is 11.6 Å². The molecule has 0 heterocycles. The van der Waals surface area contributed by atoms with Gasteiger partial charge >= 0.3 is 5.97 Å². The van der Waals surface area contributed by atoms with Crippen molar-refractivity contribution < 1.29 is 14.6 Å². The molecule has 192 valence electrons. The second-order valence-electron chi connectivity index (χ2n) is 14.8. The summed E-state index contributed by atoms with van der Waals surface area (Å²) in [5.41, 5.74) is 2.75. The van der Waals surface area contributed by atoms with Crippen LogP contribution >= 0.6 is 0 Å². The molecule has 4 fully saturated rings. The Morgan fingerprint density at radius 3 is 2.32 bits per heavy atom. The maximum absolute atomic E-state index is 12.7. The minimum atomic E-state index is -0.172. The second-order valence-corrected chi connectivity index (χ2v) is 14.8. The van der Waals surface area contributed by atoms with Gasteiger partial charge < -0.3 is 9.84 Å². The lowest BCUT2D eigenvalue weighted by Crippen LogP contribution is -2.64. The zero-order valence-electron chi connectivity index (χ0n) is 23.2. The third kappa shape index (κ3) is 2.94. The maximum atomic E-state index is 12.7. The summed E-state index contributed by atoms with van der Waals surface area (Å²) in [6.07, 6.45) is 12.9. The largest absolute Gasteiger partial charge is 0.469 e. The van der Waals surface area contributed by atoms with Crippen LogP contribution in [0.4, 0.5) is 0 Å². The highest BCUT2D eigenvalue weighted by Crippen LogP contribution is 2.75. The molecule has 5 rings (SSSR count). The van der Waals surface area contributed by atoms with E-state index in [4.69, 9.17) is 4.74 Å². The molecule has 1 N–H and O–H groups in total. The number of methoxy groups -OCH3 is 1. The van der Waals surface area contributed by atoms with E-state index >= 15 is 0 Å². The van der Waals surface area contributed by atoms with E-state index in [0.717, 1.165) is 25.7 Å². The van der Waals surface area contributed by atoms with Gasteiger partial charge in [0.05, 0.1) is 19.1 Å². The first-order valence-electron chi connectivity index (χ1n) is 14.2. The molecule has 5 aliphatic rings. The first kappa shape index (κ1) is 24.8. The Morgan fingerprint density at radius 2 is 1.65 bits per heavy atom. The first-order valence-corrected chi connectivity index (χ1v) is 14.2. The van der Waals surface area contributed by atoms with Gasteiger partial charge in [0, 0.05) is 0 Å². The van der Waals surface area contributed by atoms with E-state index in [2.05, 4.69) is 54.5 Å². The molecular weight excluding hydrogens is 420 g/mol. The molecule has 0 unspecified atom stereocenters. The van der Waals surface area contributed by atoms with Crippen LogP contribution in [0.1, 0.15) is 106 Å². The standard InChI is InChI=1S/C31H50O3/c1-19-20(26(33)34-8)11-14-28(4)17-18-30(6)21(25(19)28)9-10-23-29(5)15-13-24(32)27(2,3)22(29)12-16-31(23,30)7/h9,19-20,22-25,32H,10-18H2,1-8H3/t19-,20+,22+,23+,24-,25-,28+,29-,30+,31+/m0/s1. The fourth-order valence-corrected chi connectivity index (χ4v) is 11.2. The highest BCUT2D eigenvalue weighted by Gasteiger charge is 2.68. The van der Waals surface area contributed by atoms with Crippen LogP contribution in [-0.2, 0) is 9.53 Å². The predicted octanol–water partition coefficient (Wildman–Crippen LogP) is 7.18. The molecule has 5 aliphatic carbocycles. The Morgan fingerprint density at radius 1 is 0.941 bits per heavy atom. The molecule has 0 aliphatic heterocycles. The predicted molar refractivity (Wildman–Crippen MR) is 137 cm³/mol. The Kier molecular flexibility index (Phi) is 5.55. The van der Waals surface area contributed by atoms with Crippen LogP contribution in [0.5, 0.6) is 0 Å². The van der Waals surface area contributed by atoms with Crippen molar-refractivity contribution in [3.8, 4) is 0 Å². The Hall–Kier alpha value is -0.830. The number of allylic oxidation sites excluding steroid dienone is 2. The Bertz CT molecular complexity index is 889. The lowest BCUT2D eigenvalue weighted by Gasteiger charge is -2.71. The van der Waals surface area contributed by atoms with Crippen LogP contribution in [-0.4, -0.2) is 24.3 Å². The number of aliphatic hydroxyl groups is 1. The van der Waals surface area contributed by atoms with E-state index in [9.17, 15) is 9.90 Å². The normalized spacial score (nSPS) is 54.0. The van der Waals surface area contributed by atoms with Crippen molar-refractivity contribution in [2.75, 3.05) is 7.11 Å². The average Bonchev–Trinajstić information content (AvgIpc) is 2.77. The quantitative estimate of drug-likeness (QED) is 0.326. The number of fused-ring (bicyclic) bond motifs is 7. The van der Waals surface area contributed by atoms with Crippen LogP contribution in [0.3, 0.4) is 0 Å². The van der Waals surface area contributed by atoms with Crippen molar-refractivity contribution in [2.24, 2.45) is 56.7 Å². The zero-order valence-corrected chi connectivity index (χ0v) is 23.2. The molecule has 0 saturated heterocycles. The highest BCUT2D eigenvalue weighted by atomic mass is 16.5. The number of esters is 1. The number of aliphatic hydroxyl groups excluding tert-OH is 1. The maximum Gasteiger partial charge on any atom is 0.308 e. The van der Waals surface area contributed by atoms with Crippen molar-refractivity contribution in [3.05, 3.63) is 11.6 Å². The molecule has 34 heavy (non-hydrogen) atoms. The lowest BCUT2D eigenvalue weighted by atomic mass is 9.33. The molecular formula is C31H50O3. The third-order valence-electron chi connectivity index (χ3n) is 13.5. The Balaban J connectivity index is 1.57. The van der Waals surface area contributed by atoms with Gasteiger partial charge in [-0.15, -0.1) is 0 Å². The van der Waals surface area contributed by atoms with Crippen molar-refractivity contribution in [1.82, 2.24) is 0 Å². The van der Waals surface area contributed by atoms with E-state index in [1.807, 2.05) is 0 Å².